The van der Waals surface area contributed by atoms with Crippen LogP contribution in [0.1, 0.15) is 5.56 Å². The van der Waals surface area contributed by atoms with E-state index in [0.29, 0.717) is 6.54 Å². The van der Waals surface area contributed by atoms with Crippen LogP contribution in [0.15, 0.2) is 30.5 Å². The Labute approximate surface area is 103 Å². The molecule has 17 heavy (non-hydrogen) atoms. The van der Waals surface area contributed by atoms with Gasteiger partial charge in [-0.05, 0) is 6.07 Å². The summed E-state index contributed by atoms with van der Waals surface area (Å²) in [4.78, 5) is 0. The molecule has 0 saturated carbocycles. The molecule has 0 saturated heterocycles. The van der Waals surface area contributed by atoms with Crippen LogP contribution < -0.4 is 10.1 Å². The Morgan fingerprint density at radius 3 is 3.06 bits per heavy atom. The quantitative estimate of drug-likeness (QED) is 0.874. The van der Waals surface area contributed by atoms with E-state index in [1.165, 1.54) is 11.5 Å². The zero-order valence-corrected chi connectivity index (χ0v) is 9.78. The average molecular weight is 246 g/mol. The van der Waals surface area contributed by atoms with Crippen molar-refractivity contribution in [1.29, 1.82) is 5.26 Å². The third-order valence-electron chi connectivity index (χ3n) is 2.08. The summed E-state index contributed by atoms with van der Waals surface area (Å²) < 4.78 is 9.09. The highest BCUT2D eigenvalue weighted by molar-refractivity contribution is 7.09. The second-order valence-electron chi connectivity index (χ2n) is 3.19. The van der Waals surface area contributed by atoms with E-state index >= 15 is 0 Å². The minimum absolute atomic E-state index is 0.0547. The van der Waals surface area contributed by atoms with Crippen molar-refractivity contribution in [2.24, 2.45) is 0 Å². The van der Waals surface area contributed by atoms with Gasteiger partial charge in [0, 0.05) is 23.6 Å². The average Bonchev–Trinajstić information content (AvgIpc) is 2.88. The summed E-state index contributed by atoms with van der Waals surface area (Å²) in [5.74, 6) is 0.721. The van der Waals surface area contributed by atoms with E-state index in [1.54, 1.807) is 6.20 Å². The van der Waals surface area contributed by atoms with Crippen molar-refractivity contribution in [3.05, 3.63) is 36.0 Å². The van der Waals surface area contributed by atoms with Crippen molar-refractivity contribution < 1.29 is 4.74 Å². The minimum atomic E-state index is 0.0547. The Morgan fingerprint density at radius 2 is 2.29 bits per heavy atom. The van der Waals surface area contributed by atoms with Gasteiger partial charge in [0.1, 0.15) is 16.8 Å². The molecular weight excluding hydrogens is 236 g/mol. The maximum Gasteiger partial charge on any atom is 0.174 e. The third-order valence-corrected chi connectivity index (χ3v) is 2.70. The molecule has 0 radical (unpaired) electrons. The Kier molecular flexibility index (Phi) is 3.89. The van der Waals surface area contributed by atoms with Crippen LogP contribution in [0.25, 0.3) is 0 Å². The van der Waals surface area contributed by atoms with Gasteiger partial charge in [-0.25, -0.2) is 0 Å². The van der Waals surface area contributed by atoms with Crippen LogP contribution in [-0.2, 0) is 6.54 Å². The highest BCUT2D eigenvalue weighted by atomic mass is 32.1. The minimum Gasteiger partial charge on any atom is -0.478 e. The van der Waals surface area contributed by atoms with E-state index in [1.807, 2.05) is 30.3 Å². The molecular formula is C11H10N4OS. The van der Waals surface area contributed by atoms with Crippen molar-refractivity contribution >= 4 is 16.5 Å². The molecule has 0 unspecified atom stereocenters. The first-order valence-corrected chi connectivity index (χ1v) is 5.76. The molecule has 1 N–H and O–H groups in total. The lowest BCUT2D eigenvalue weighted by molar-refractivity contribution is 0.364. The fraction of sp³-hybridized carbons (Fsp3) is 0.182. The van der Waals surface area contributed by atoms with Gasteiger partial charge in [-0.1, -0.05) is 22.7 Å². The van der Waals surface area contributed by atoms with E-state index in [4.69, 9.17) is 10.00 Å². The van der Waals surface area contributed by atoms with Crippen LogP contribution in [0.5, 0.6) is 5.75 Å². The van der Waals surface area contributed by atoms with Crippen molar-refractivity contribution in [2.45, 2.75) is 6.54 Å². The molecule has 0 bridgehead atoms. The Morgan fingerprint density at radius 1 is 1.41 bits per heavy atom. The van der Waals surface area contributed by atoms with Gasteiger partial charge in [0.25, 0.3) is 0 Å². The predicted octanol–water partition coefficient (Wildman–Crippen LogP) is 2.05. The summed E-state index contributed by atoms with van der Waals surface area (Å²) in [5.41, 5.74) is 0.996. The van der Waals surface area contributed by atoms with Crippen molar-refractivity contribution in [1.82, 2.24) is 9.59 Å². The van der Waals surface area contributed by atoms with Gasteiger partial charge in [0.2, 0.25) is 0 Å². The first kappa shape index (κ1) is 11.4. The number of anilines is 1. The fourth-order valence-electron chi connectivity index (χ4n) is 1.33. The molecule has 6 heteroatoms. The van der Waals surface area contributed by atoms with Gasteiger partial charge >= 0.3 is 0 Å². The largest absolute Gasteiger partial charge is 0.478 e. The molecule has 2 aromatic rings. The van der Waals surface area contributed by atoms with Crippen LogP contribution in [0.4, 0.5) is 5.00 Å². The van der Waals surface area contributed by atoms with Crippen LogP contribution in [0, 0.1) is 11.3 Å². The first-order valence-electron chi connectivity index (χ1n) is 4.99. The van der Waals surface area contributed by atoms with Crippen molar-refractivity contribution in [3.8, 4) is 11.8 Å². The Bertz CT molecular complexity index is 506. The molecule has 0 aliphatic rings. The standard InChI is InChI=1S/C11H10N4OS/c12-5-6-16-10-4-2-1-3-9(10)7-13-11-8-14-15-17-11/h1-4,8,13H,6-7H2. The Balaban J connectivity index is 2.02. The molecule has 0 atom stereocenters. The van der Waals surface area contributed by atoms with E-state index in [2.05, 4.69) is 14.9 Å². The van der Waals surface area contributed by atoms with Crippen LogP contribution in [0.2, 0.25) is 0 Å². The molecule has 0 spiro atoms. The Hall–Kier alpha value is -2.13. The van der Waals surface area contributed by atoms with Gasteiger partial charge in [-0.15, -0.1) is 5.10 Å². The molecule has 1 heterocycles. The maximum atomic E-state index is 8.49. The van der Waals surface area contributed by atoms with Crippen molar-refractivity contribution in [3.63, 3.8) is 0 Å². The summed E-state index contributed by atoms with van der Waals surface area (Å²) in [6, 6.07) is 9.56. The summed E-state index contributed by atoms with van der Waals surface area (Å²) >= 11 is 1.30. The third kappa shape index (κ3) is 3.16. The number of para-hydroxylation sites is 1. The highest BCUT2D eigenvalue weighted by Crippen LogP contribution is 2.20. The number of hydrogen-bond acceptors (Lipinski definition) is 6. The molecule has 0 amide bonds. The number of benzene rings is 1. The van der Waals surface area contributed by atoms with Crippen LogP contribution >= 0.6 is 11.5 Å². The molecule has 2 rings (SSSR count). The zero-order valence-electron chi connectivity index (χ0n) is 8.96. The molecule has 0 aliphatic carbocycles. The summed E-state index contributed by atoms with van der Waals surface area (Å²) in [5, 5.41) is 16.3. The molecule has 0 fully saturated rings. The number of hydrogen-bond donors (Lipinski definition) is 1. The number of nitrogens with one attached hydrogen (secondary N) is 1. The number of nitriles is 1. The molecule has 5 nitrogen and oxygen atoms in total. The number of rotatable bonds is 5. The van der Waals surface area contributed by atoms with Crippen LogP contribution in [-0.4, -0.2) is 16.2 Å². The molecule has 86 valence electrons. The normalized spacial score (nSPS) is 9.59. The monoisotopic (exact) mass is 246 g/mol. The zero-order chi connectivity index (χ0) is 11.9. The SMILES string of the molecule is N#CCOc1ccccc1CNc1cnns1. The van der Waals surface area contributed by atoms with Gasteiger partial charge in [-0.3, -0.25) is 0 Å². The lowest BCUT2D eigenvalue weighted by atomic mass is 10.2. The number of ether oxygens (including phenoxy) is 1. The molecule has 1 aromatic carbocycles. The van der Waals surface area contributed by atoms with Gasteiger partial charge in [0.15, 0.2) is 6.61 Å². The predicted molar refractivity (Wildman–Crippen MR) is 64.8 cm³/mol. The van der Waals surface area contributed by atoms with E-state index in [-0.39, 0.29) is 6.61 Å². The topological polar surface area (TPSA) is 70.8 Å². The van der Waals surface area contributed by atoms with E-state index < -0.39 is 0 Å². The van der Waals surface area contributed by atoms with Crippen molar-refractivity contribution in [2.75, 3.05) is 11.9 Å². The summed E-state index contributed by atoms with van der Waals surface area (Å²) in [6.45, 7) is 0.671. The van der Waals surface area contributed by atoms with E-state index in [0.717, 1.165) is 16.3 Å². The molecule has 0 aliphatic heterocycles. The summed E-state index contributed by atoms with van der Waals surface area (Å²) in [7, 11) is 0. The van der Waals surface area contributed by atoms with Gasteiger partial charge < -0.3 is 10.1 Å². The maximum absolute atomic E-state index is 8.49. The second-order valence-corrected chi connectivity index (χ2v) is 3.98. The molecule has 1 aromatic heterocycles. The summed E-state index contributed by atoms with van der Waals surface area (Å²) in [6.07, 6.45) is 1.67. The fourth-order valence-corrected chi connectivity index (χ4v) is 1.74. The lowest BCUT2D eigenvalue weighted by Gasteiger charge is -2.09. The lowest BCUT2D eigenvalue weighted by Crippen LogP contribution is -2.02. The van der Waals surface area contributed by atoms with Gasteiger partial charge in [-0.2, -0.15) is 5.26 Å². The van der Waals surface area contributed by atoms with E-state index in [9.17, 15) is 0 Å². The highest BCUT2D eigenvalue weighted by Gasteiger charge is 2.03. The number of nitrogens with zero attached hydrogens (tertiary/aromatic N) is 3. The first-order chi connectivity index (χ1) is 8.40. The smallest absolute Gasteiger partial charge is 0.174 e. The number of aromatic nitrogens is 2. The van der Waals surface area contributed by atoms with Crippen LogP contribution in [0.3, 0.4) is 0 Å². The van der Waals surface area contributed by atoms with Gasteiger partial charge in [0.05, 0.1) is 6.20 Å². The second kappa shape index (κ2) is 5.82.